The van der Waals surface area contributed by atoms with Crippen molar-refractivity contribution < 1.29 is 61.7 Å². The molecular formula is C14H30I2N2O. The van der Waals surface area contributed by atoms with Crippen molar-refractivity contribution >= 4 is 0 Å². The Bertz CT molecular complexity index is 246. The first-order valence-electron chi connectivity index (χ1n) is 7.22. The van der Waals surface area contributed by atoms with Crippen molar-refractivity contribution in [3.05, 3.63) is 0 Å². The molecule has 116 valence electrons. The van der Waals surface area contributed by atoms with Gasteiger partial charge in [-0.15, -0.1) is 0 Å². The van der Waals surface area contributed by atoms with Gasteiger partial charge in [-0.3, -0.25) is 0 Å². The Hall–Kier alpha value is 1.34. The number of morpholine rings is 1. The van der Waals surface area contributed by atoms with Gasteiger partial charge in [0, 0.05) is 0 Å². The largest absolute Gasteiger partial charge is 1.00 e. The molecule has 0 amide bonds. The minimum atomic E-state index is 0. The van der Waals surface area contributed by atoms with Crippen molar-refractivity contribution in [1.82, 2.24) is 0 Å². The Balaban J connectivity index is 0.00000162. The van der Waals surface area contributed by atoms with Gasteiger partial charge in [0.1, 0.15) is 13.1 Å². The van der Waals surface area contributed by atoms with E-state index in [1.165, 1.54) is 61.0 Å². The van der Waals surface area contributed by atoms with Gasteiger partial charge in [-0.05, 0) is 25.2 Å². The van der Waals surface area contributed by atoms with E-state index in [0.29, 0.717) is 0 Å². The molecular weight excluding hydrogens is 466 g/mol. The highest BCUT2D eigenvalue weighted by Gasteiger charge is 2.30. The lowest BCUT2D eigenvalue weighted by atomic mass is 9.92. The number of hydrogen-bond donors (Lipinski definition) is 0. The molecule has 0 aliphatic carbocycles. The van der Waals surface area contributed by atoms with Crippen LogP contribution in [0.5, 0.6) is 0 Å². The van der Waals surface area contributed by atoms with E-state index in [0.717, 1.165) is 19.1 Å². The number of quaternary nitrogens is 2. The summed E-state index contributed by atoms with van der Waals surface area (Å²) in [7, 11) is 7.14. The van der Waals surface area contributed by atoms with E-state index in [4.69, 9.17) is 4.74 Å². The molecule has 2 fully saturated rings. The van der Waals surface area contributed by atoms with Crippen molar-refractivity contribution in [1.29, 1.82) is 0 Å². The third-order valence-corrected chi connectivity index (χ3v) is 4.91. The summed E-state index contributed by atoms with van der Waals surface area (Å²) in [5.74, 6) is 0.985. The Morgan fingerprint density at radius 2 is 1.42 bits per heavy atom. The van der Waals surface area contributed by atoms with Crippen molar-refractivity contribution in [3.63, 3.8) is 0 Å². The third-order valence-electron chi connectivity index (χ3n) is 4.91. The highest BCUT2D eigenvalue weighted by molar-refractivity contribution is 4.64. The van der Waals surface area contributed by atoms with Gasteiger partial charge in [0.2, 0.25) is 0 Å². The second-order valence-corrected chi connectivity index (χ2v) is 7.02. The van der Waals surface area contributed by atoms with Gasteiger partial charge in [0.05, 0.1) is 54.0 Å². The SMILES string of the molecule is C[N+]1(C)CCC(CC[N+]2(C)CCOCC2)CC1.[I-].[I-]. The van der Waals surface area contributed by atoms with Crippen LogP contribution in [-0.4, -0.2) is 76.0 Å². The highest BCUT2D eigenvalue weighted by Crippen LogP contribution is 2.24. The quantitative estimate of drug-likeness (QED) is 0.283. The van der Waals surface area contributed by atoms with Gasteiger partial charge in [-0.2, -0.15) is 0 Å². The maximum absolute atomic E-state index is 5.47. The van der Waals surface area contributed by atoms with Crippen molar-refractivity contribution in [3.8, 4) is 0 Å². The molecule has 0 spiro atoms. The topological polar surface area (TPSA) is 9.23 Å². The summed E-state index contributed by atoms with van der Waals surface area (Å²) in [4.78, 5) is 0. The molecule has 0 radical (unpaired) electrons. The molecule has 0 N–H and O–H groups in total. The third kappa shape index (κ3) is 6.76. The number of piperidine rings is 1. The molecule has 0 atom stereocenters. The summed E-state index contributed by atoms with van der Waals surface area (Å²) in [6.45, 7) is 8.47. The number of halogens is 2. The van der Waals surface area contributed by atoms with E-state index in [1.807, 2.05) is 0 Å². The zero-order chi connectivity index (χ0) is 12.4. The van der Waals surface area contributed by atoms with Gasteiger partial charge in [0.25, 0.3) is 0 Å². The average molecular weight is 496 g/mol. The molecule has 2 aliphatic rings. The van der Waals surface area contributed by atoms with Gasteiger partial charge >= 0.3 is 0 Å². The number of hydrogen-bond acceptors (Lipinski definition) is 1. The Kier molecular flexibility index (Phi) is 9.32. The van der Waals surface area contributed by atoms with E-state index in [9.17, 15) is 0 Å². The van der Waals surface area contributed by atoms with Crippen LogP contribution in [0.1, 0.15) is 19.3 Å². The number of nitrogens with zero attached hydrogens (tertiary/aromatic N) is 2. The molecule has 19 heavy (non-hydrogen) atoms. The summed E-state index contributed by atoms with van der Waals surface area (Å²) in [6.07, 6.45) is 4.30. The number of likely N-dealkylation sites (tertiary alicyclic amines) is 1. The lowest BCUT2D eigenvalue weighted by Crippen LogP contribution is -3.00. The van der Waals surface area contributed by atoms with Crippen LogP contribution in [-0.2, 0) is 4.74 Å². The molecule has 0 bridgehead atoms. The molecule has 2 saturated heterocycles. The summed E-state index contributed by atoms with van der Waals surface area (Å²) < 4.78 is 7.94. The predicted molar refractivity (Wildman–Crippen MR) is 70.8 cm³/mol. The number of likely N-dealkylation sites (N-methyl/N-ethyl adjacent to an activating group) is 1. The van der Waals surface area contributed by atoms with Crippen LogP contribution in [0.3, 0.4) is 0 Å². The smallest absolute Gasteiger partial charge is 0.102 e. The zero-order valence-electron chi connectivity index (χ0n) is 12.7. The van der Waals surface area contributed by atoms with Crippen LogP contribution in [0.25, 0.3) is 0 Å². The van der Waals surface area contributed by atoms with Gasteiger partial charge in [0.15, 0.2) is 0 Å². The van der Waals surface area contributed by atoms with Gasteiger partial charge in [-0.25, -0.2) is 0 Å². The summed E-state index contributed by atoms with van der Waals surface area (Å²) in [5.41, 5.74) is 0. The van der Waals surface area contributed by atoms with Crippen LogP contribution in [0.4, 0.5) is 0 Å². The fourth-order valence-corrected chi connectivity index (χ4v) is 3.11. The summed E-state index contributed by atoms with van der Waals surface area (Å²) >= 11 is 0. The lowest BCUT2D eigenvalue weighted by molar-refractivity contribution is -0.918. The summed E-state index contributed by atoms with van der Waals surface area (Å²) in [6, 6.07) is 0. The second-order valence-electron chi connectivity index (χ2n) is 7.02. The van der Waals surface area contributed by atoms with E-state index >= 15 is 0 Å². The van der Waals surface area contributed by atoms with E-state index in [2.05, 4.69) is 21.1 Å². The van der Waals surface area contributed by atoms with Crippen LogP contribution in [0, 0.1) is 5.92 Å². The first kappa shape index (κ1) is 20.3. The van der Waals surface area contributed by atoms with Gasteiger partial charge in [-0.1, -0.05) is 0 Å². The maximum Gasteiger partial charge on any atom is 0.102 e. The van der Waals surface area contributed by atoms with E-state index < -0.39 is 0 Å². The average Bonchev–Trinajstić information content (AvgIpc) is 2.29. The lowest BCUT2D eigenvalue weighted by Gasteiger charge is -2.40. The fourth-order valence-electron chi connectivity index (χ4n) is 3.11. The van der Waals surface area contributed by atoms with Crippen molar-refractivity contribution in [2.24, 2.45) is 5.92 Å². The van der Waals surface area contributed by atoms with Crippen molar-refractivity contribution in [2.45, 2.75) is 19.3 Å². The fraction of sp³-hybridized carbons (Fsp3) is 1.00. The standard InChI is InChI=1S/C14H30N2O.2HI/c1-15(2)7-4-14(5-8-15)6-9-16(3)10-12-17-13-11-16;;/h14H,4-13H2,1-3H3;2*1H/q+2;;/p-2. The molecule has 2 rings (SSSR count). The molecule has 3 nitrogen and oxygen atoms in total. The molecule has 0 saturated carbocycles. The monoisotopic (exact) mass is 496 g/mol. The number of ether oxygens (including phenoxy) is 1. The first-order chi connectivity index (χ1) is 7.99. The molecule has 0 unspecified atom stereocenters. The minimum Gasteiger partial charge on any atom is -1.00 e. The second kappa shape index (κ2) is 8.70. The normalized spacial score (nSPS) is 26.1. The number of rotatable bonds is 3. The zero-order valence-corrected chi connectivity index (χ0v) is 17.0. The van der Waals surface area contributed by atoms with Crippen LogP contribution < -0.4 is 48.0 Å². The van der Waals surface area contributed by atoms with Crippen LogP contribution >= 0.6 is 0 Å². The Labute approximate surface area is 153 Å². The highest BCUT2D eigenvalue weighted by atomic mass is 127. The Morgan fingerprint density at radius 3 is 1.95 bits per heavy atom. The molecule has 0 aromatic heterocycles. The summed E-state index contributed by atoms with van der Waals surface area (Å²) in [5, 5.41) is 0. The molecule has 2 heterocycles. The first-order valence-corrected chi connectivity index (χ1v) is 7.22. The minimum absolute atomic E-state index is 0. The molecule has 5 heteroatoms. The van der Waals surface area contributed by atoms with E-state index in [-0.39, 0.29) is 48.0 Å². The van der Waals surface area contributed by atoms with Gasteiger partial charge < -0.3 is 61.7 Å². The van der Waals surface area contributed by atoms with Crippen molar-refractivity contribution in [2.75, 3.05) is 67.1 Å². The maximum atomic E-state index is 5.47. The van der Waals surface area contributed by atoms with E-state index in [1.54, 1.807) is 0 Å². The van der Waals surface area contributed by atoms with Crippen LogP contribution in [0.15, 0.2) is 0 Å². The predicted octanol–water partition coefficient (Wildman–Crippen LogP) is -4.65. The van der Waals surface area contributed by atoms with Crippen LogP contribution in [0.2, 0.25) is 0 Å². The molecule has 2 aliphatic heterocycles. The molecule has 0 aromatic rings. The molecule has 0 aromatic carbocycles. The Morgan fingerprint density at radius 1 is 0.895 bits per heavy atom.